The molecule has 79 heavy (non-hydrogen) atoms. The van der Waals surface area contributed by atoms with Crippen molar-refractivity contribution in [1.82, 2.24) is 0 Å². The third kappa shape index (κ3) is 7.38. The van der Waals surface area contributed by atoms with Crippen LogP contribution in [0.4, 0.5) is 56.9 Å². The summed E-state index contributed by atoms with van der Waals surface area (Å²) in [6, 6.07) is 49.7. The third-order valence-corrected chi connectivity index (χ3v) is 21.5. The fraction of sp³-hybridized carbons (Fsp3) is 0.432. The van der Waals surface area contributed by atoms with Crippen molar-refractivity contribution in [2.75, 3.05) is 19.6 Å². The highest BCUT2D eigenvalue weighted by atomic mass is 15.3. The fourth-order valence-corrected chi connectivity index (χ4v) is 16.7. The second-order valence-corrected chi connectivity index (χ2v) is 29.6. The normalized spacial score (nSPS) is 23.9. The van der Waals surface area contributed by atoms with Gasteiger partial charge < -0.3 is 19.6 Å². The molecule has 0 N–H and O–H groups in total. The van der Waals surface area contributed by atoms with E-state index < -0.39 is 0 Å². The van der Waals surface area contributed by atoms with Crippen molar-refractivity contribution < 1.29 is 0 Å². The summed E-state index contributed by atoms with van der Waals surface area (Å²) in [5, 5.41) is 0. The standard InChI is InChI=1S/C74H87BN4/c1-46-38-48(3)66-57(40-46)71(14)34-18-20-36-73(71,16)78(66)55-31-32-59-62(43-55)77(54-29-24-51(25-30-54)69(8,9)10)64-45-56(79-67-49(4)39-47(2)41-58(67)72(15)35-19-21-37-74(72,79)17)44-63-65(64)75(59)60-42-52(70(11,12)13)26-33-61(60)76(63)53-27-22-50(23-28-53)68(5,6)7/h22-33,38-45H,18-21,34-37H2,1-17H3. The van der Waals surface area contributed by atoms with Gasteiger partial charge in [-0.15, -0.1) is 0 Å². The smallest absolute Gasteiger partial charge is 0.252 e. The average Bonchev–Trinajstić information content (AvgIpc) is 3.54. The highest BCUT2D eigenvalue weighted by molar-refractivity contribution is 7.00. The first-order valence-corrected chi connectivity index (χ1v) is 30.3. The van der Waals surface area contributed by atoms with Crippen LogP contribution < -0.4 is 36.0 Å². The molecule has 0 saturated heterocycles. The van der Waals surface area contributed by atoms with Crippen LogP contribution in [0.15, 0.2) is 121 Å². The first-order chi connectivity index (χ1) is 37.2. The summed E-state index contributed by atoms with van der Waals surface area (Å²) in [4.78, 5) is 11.1. The van der Waals surface area contributed by atoms with Crippen molar-refractivity contribution in [1.29, 1.82) is 0 Å². The van der Waals surface area contributed by atoms with E-state index in [1.807, 2.05) is 0 Å². The zero-order chi connectivity index (χ0) is 55.9. The van der Waals surface area contributed by atoms with E-state index >= 15 is 0 Å². The fourth-order valence-electron chi connectivity index (χ4n) is 16.7. The molecule has 2 fully saturated rings. The van der Waals surface area contributed by atoms with Crippen LogP contribution in [0.5, 0.6) is 0 Å². The molecule has 4 unspecified atom stereocenters. The third-order valence-electron chi connectivity index (χ3n) is 21.5. The Hall–Kier alpha value is -6.20. The van der Waals surface area contributed by atoms with Crippen molar-refractivity contribution >= 4 is 80.0 Å². The number of benzene rings is 7. The van der Waals surface area contributed by atoms with E-state index in [-0.39, 0.29) is 44.9 Å². The van der Waals surface area contributed by atoms with Crippen LogP contribution >= 0.6 is 0 Å². The maximum absolute atomic E-state index is 2.87. The van der Waals surface area contributed by atoms with Gasteiger partial charge in [-0.05, 0) is 193 Å². The van der Waals surface area contributed by atoms with Gasteiger partial charge in [0.2, 0.25) is 0 Å². The minimum atomic E-state index is -0.139. The topological polar surface area (TPSA) is 13.0 Å². The first-order valence-electron chi connectivity index (χ1n) is 30.3. The number of aryl methyl sites for hydroxylation is 4. The molecule has 7 aromatic rings. The summed E-state index contributed by atoms with van der Waals surface area (Å²) in [6.45, 7) is 40.9. The molecular weight excluding hydrogens is 956 g/mol. The number of rotatable bonds is 4. The molecule has 0 aromatic heterocycles. The lowest BCUT2D eigenvalue weighted by molar-refractivity contribution is 0.195. The second kappa shape index (κ2) is 17.2. The van der Waals surface area contributed by atoms with E-state index in [9.17, 15) is 0 Å². The van der Waals surface area contributed by atoms with E-state index in [4.69, 9.17) is 0 Å². The summed E-state index contributed by atoms with van der Waals surface area (Å²) in [5.41, 5.74) is 29.4. The Kier molecular flexibility index (Phi) is 11.3. The molecule has 0 bridgehead atoms. The lowest BCUT2D eigenvalue weighted by Crippen LogP contribution is -2.62. The Morgan fingerprint density at radius 3 is 1.25 bits per heavy atom. The molecule has 7 aromatic carbocycles. The van der Waals surface area contributed by atoms with Gasteiger partial charge in [0.25, 0.3) is 6.71 Å². The van der Waals surface area contributed by atoms with Gasteiger partial charge in [-0.2, -0.15) is 0 Å². The Bertz CT molecular complexity index is 3660. The molecule has 4 aliphatic heterocycles. The maximum atomic E-state index is 2.87. The number of nitrogens with zero attached hydrogens (tertiary/aromatic N) is 4. The number of hydrogen-bond acceptors (Lipinski definition) is 4. The van der Waals surface area contributed by atoms with Crippen LogP contribution in [0.1, 0.15) is 191 Å². The number of hydrogen-bond donors (Lipinski definition) is 0. The Balaban J connectivity index is 1.15. The molecular formula is C74H87BN4. The summed E-state index contributed by atoms with van der Waals surface area (Å²) in [6.07, 6.45) is 9.68. The first kappa shape index (κ1) is 52.2. The molecule has 4 atom stereocenters. The molecule has 2 aliphatic carbocycles. The van der Waals surface area contributed by atoms with Crippen LogP contribution in [0.2, 0.25) is 0 Å². The summed E-state index contributed by atoms with van der Waals surface area (Å²) in [5.74, 6) is 0. The van der Waals surface area contributed by atoms with Crippen molar-refractivity contribution in [3.8, 4) is 0 Å². The summed E-state index contributed by atoms with van der Waals surface area (Å²) in [7, 11) is 0. The zero-order valence-electron chi connectivity index (χ0n) is 51.1. The minimum Gasteiger partial charge on any atom is -0.334 e. The second-order valence-electron chi connectivity index (χ2n) is 29.6. The molecule has 0 radical (unpaired) electrons. The van der Waals surface area contributed by atoms with Crippen molar-refractivity contribution in [3.05, 3.63) is 171 Å². The average molecular weight is 1040 g/mol. The predicted molar refractivity (Wildman–Crippen MR) is 341 cm³/mol. The van der Waals surface area contributed by atoms with E-state index in [2.05, 4.69) is 259 Å². The van der Waals surface area contributed by atoms with Crippen molar-refractivity contribution in [2.45, 2.75) is 207 Å². The van der Waals surface area contributed by atoms with Gasteiger partial charge in [0.05, 0.1) is 11.1 Å². The van der Waals surface area contributed by atoms with E-state index in [0.717, 1.165) is 12.8 Å². The number of anilines is 10. The van der Waals surface area contributed by atoms with Gasteiger partial charge in [0, 0.05) is 67.7 Å². The molecule has 4 heterocycles. The SMILES string of the molecule is Cc1cc(C)c2c(c1)C1(C)CCCCC1(C)N2c1ccc2c(c1)N(c1ccc(C(C)(C)C)cc1)c1cc(N3c4c(C)cc(C)cc4C4(C)CCCCC34C)cc3c1B2c1cc(C(C)(C)C)ccc1N3c1ccc(C(C)(C)C)cc1. The van der Waals surface area contributed by atoms with E-state index in [0.29, 0.717) is 0 Å². The lowest BCUT2D eigenvalue weighted by atomic mass is 9.33. The van der Waals surface area contributed by atoms with Crippen molar-refractivity contribution in [2.24, 2.45) is 0 Å². The van der Waals surface area contributed by atoms with E-state index in [1.54, 1.807) is 0 Å². The van der Waals surface area contributed by atoms with Gasteiger partial charge >= 0.3 is 0 Å². The van der Waals surface area contributed by atoms with E-state index in [1.165, 1.54) is 162 Å². The Morgan fingerprint density at radius 1 is 0.380 bits per heavy atom. The van der Waals surface area contributed by atoms with Crippen LogP contribution in [0.25, 0.3) is 0 Å². The number of fused-ring (bicyclic) bond motifs is 10. The molecule has 406 valence electrons. The molecule has 13 rings (SSSR count). The summed E-state index contributed by atoms with van der Waals surface area (Å²) >= 11 is 0. The maximum Gasteiger partial charge on any atom is 0.252 e. The molecule has 0 spiro atoms. The van der Waals surface area contributed by atoms with Crippen LogP contribution in [-0.2, 0) is 27.1 Å². The van der Waals surface area contributed by atoms with Crippen LogP contribution in [0.3, 0.4) is 0 Å². The lowest BCUT2D eigenvalue weighted by Gasteiger charge is -2.51. The largest absolute Gasteiger partial charge is 0.334 e. The highest BCUT2D eigenvalue weighted by Crippen LogP contribution is 2.64. The Labute approximate surface area is 475 Å². The quantitative estimate of drug-likeness (QED) is 0.163. The van der Waals surface area contributed by atoms with Gasteiger partial charge in [-0.3, -0.25) is 0 Å². The van der Waals surface area contributed by atoms with Gasteiger partial charge in [-0.1, -0.05) is 180 Å². The monoisotopic (exact) mass is 1040 g/mol. The van der Waals surface area contributed by atoms with Gasteiger partial charge in [0.1, 0.15) is 0 Å². The van der Waals surface area contributed by atoms with Gasteiger partial charge in [-0.25, -0.2) is 0 Å². The predicted octanol–water partition coefficient (Wildman–Crippen LogP) is 18.4. The molecule has 4 nitrogen and oxygen atoms in total. The Morgan fingerprint density at radius 2 is 0.785 bits per heavy atom. The molecule has 0 amide bonds. The molecule has 2 saturated carbocycles. The van der Waals surface area contributed by atoms with Crippen molar-refractivity contribution in [3.63, 3.8) is 0 Å². The highest BCUT2D eigenvalue weighted by Gasteiger charge is 2.60. The minimum absolute atomic E-state index is 0.0100. The van der Waals surface area contributed by atoms with Gasteiger partial charge in [0.15, 0.2) is 0 Å². The zero-order valence-corrected chi connectivity index (χ0v) is 51.1. The molecule has 6 aliphatic rings. The van der Waals surface area contributed by atoms with Crippen LogP contribution in [-0.4, -0.2) is 17.8 Å². The van der Waals surface area contributed by atoms with Crippen LogP contribution in [0, 0.1) is 27.7 Å². The molecule has 5 heteroatoms. The summed E-state index contributed by atoms with van der Waals surface area (Å²) < 4.78 is 0.